The Labute approximate surface area is 92.6 Å². The Morgan fingerprint density at radius 1 is 1.27 bits per heavy atom. The van der Waals surface area contributed by atoms with E-state index in [1.165, 1.54) is 0 Å². The third-order valence-electron chi connectivity index (χ3n) is 2.58. The summed E-state index contributed by atoms with van der Waals surface area (Å²) < 4.78 is 5.48. The van der Waals surface area contributed by atoms with Gasteiger partial charge in [0, 0.05) is 19.2 Å². The lowest BCUT2D eigenvalue weighted by molar-refractivity contribution is 0.111. The minimum absolute atomic E-state index is 0.284. The van der Waals surface area contributed by atoms with Crippen LogP contribution in [0.1, 0.15) is 40.5 Å². The van der Waals surface area contributed by atoms with Crippen LogP contribution in [0.3, 0.4) is 0 Å². The van der Waals surface area contributed by atoms with E-state index in [1.54, 1.807) is 0 Å². The summed E-state index contributed by atoms with van der Waals surface area (Å²) in [6, 6.07) is 0. The standard InChI is InChI=1S/C12H22N2O/c1-5-7-14(8-6-2)10-9-11(13)15-12(10,3)4/h9,13H,5-8H2,1-4H3. The molecule has 1 N–H and O–H groups in total. The fourth-order valence-corrected chi connectivity index (χ4v) is 2.02. The normalized spacial score (nSPS) is 18.7. The minimum Gasteiger partial charge on any atom is -0.466 e. The van der Waals surface area contributed by atoms with Crippen LogP contribution in [0.5, 0.6) is 0 Å². The van der Waals surface area contributed by atoms with Gasteiger partial charge in [-0.3, -0.25) is 5.41 Å². The lowest BCUT2D eigenvalue weighted by Gasteiger charge is -2.32. The highest BCUT2D eigenvalue weighted by atomic mass is 16.5. The van der Waals surface area contributed by atoms with Gasteiger partial charge in [-0.15, -0.1) is 0 Å². The van der Waals surface area contributed by atoms with Gasteiger partial charge in [-0.1, -0.05) is 13.8 Å². The van der Waals surface area contributed by atoms with E-state index in [0.717, 1.165) is 31.6 Å². The van der Waals surface area contributed by atoms with Crippen molar-refractivity contribution < 1.29 is 4.74 Å². The molecule has 0 aromatic carbocycles. The molecule has 1 aliphatic rings. The zero-order chi connectivity index (χ0) is 11.5. The quantitative estimate of drug-likeness (QED) is 0.757. The highest BCUT2D eigenvalue weighted by Gasteiger charge is 2.35. The largest absolute Gasteiger partial charge is 0.466 e. The number of nitrogens with one attached hydrogen (secondary N) is 1. The third kappa shape index (κ3) is 2.74. The third-order valence-corrected chi connectivity index (χ3v) is 2.58. The molecule has 0 unspecified atom stereocenters. The van der Waals surface area contributed by atoms with E-state index in [2.05, 4.69) is 18.7 Å². The first-order chi connectivity index (χ1) is 7.01. The molecule has 1 rings (SSSR count). The molecular weight excluding hydrogens is 188 g/mol. The Morgan fingerprint density at radius 2 is 1.80 bits per heavy atom. The molecule has 0 fully saturated rings. The average Bonchev–Trinajstić information content (AvgIpc) is 2.39. The average molecular weight is 210 g/mol. The van der Waals surface area contributed by atoms with Crippen molar-refractivity contribution in [1.29, 1.82) is 5.41 Å². The molecule has 1 heterocycles. The van der Waals surface area contributed by atoms with Crippen LogP contribution >= 0.6 is 0 Å². The summed E-state index contributed by atoms with van der Waals surface area (Å²) >= 11 is 0. The maximum atomic E-state index is 7.57. The van der Waals surface area contributed by atoms with Gasteiger partial charge in [0.05, 0.1) is 5.70 Å². The molecule has 0 aliphatic carbocycles. The van der Waals surface area contributed by atoms with Gasteiger partial charge in [-0.25, -0.2) is 0 Å². The van der Waals surface area contributed by atoms with Crippen LogP contribution in [-0.2, 0) is 4.74 Å². The van der Waals surface area contributed by atoms with Crippen molar-refractivity contribution in [1.82, 2.24) is 4.90 Å². The van der Waals surface area contributed by atoms with Crippen LogP contribution < -0.4 is 0 Å². The van der Waals surface area contributed by atoms with Crippen LogP contribution in [0.4, 0.5) is 0 Å². The van der Waals surface area contributed by atoms with Crippen molar-refractivity contribution in [3.8, 4) is 0 Å². The van der Waals surface area contributed by atoms with Gasteiger partial charge in [0.1, 0.15) is 5.60 Å². The molecule has 0 amide bonds. The lowest BCUT2D eigenvalue weighted by Crippen LogP contribution is -2.36. The first-order valence-electron chi connectivity index (χ1n) is 5.76. The predicted molar refractivity (Wildman–Crippen MR) is 63.1 cm³/mol. The van der Waals surface area contributed by atoms with Crippen molar-refractivity contribution in [2.24, 2.45) is 0 Å². The van der Waals surface area contributed by atoms with Crippen molar-refractivity contribution in [3.63, 3.8) is 0 Å². The summed E-state index contributed by atoms with van der Waals surface area (Å²) in [6.45, 7) is 10.5. The summed E-state index contributed by atoms with van der Waals surface area (Å²) in [4.78, 5) is 2.33. The van der Waals surface area contributed by atoms with E-state index in [1.807, 2.05) is 19.9 Å². The van der Waals surface area contributed by atoms with Crippen LogP contribution in [0, 0.1) is 5.41 Å². The van der Waals surface area contributed by atoms with Gasteiger partial charge < -0.3 is 9.64 Å². The molecule has 3 heteroatoms. The summed E-state index contributed by atoms with van der Waals surface area (Å²) in [5.74, 6) is 0.284. The number of hydrogen-bond donors (Lipinski definition) is 1. The molecule has 15 heavy (non-hydrogen) atoms. The first kappa shape index (κ1) is 12.1. The van der Waals surface area contributed by atoms with Crippen LogP contribution in [-0.4, -0.2) is 29.5 Å². The molecular formula is C12H22N2O. The second-order valence-electron chi connectivity index (χ2n) is 4.49. The highest BCUT2D eigenvalue weighted by molar-refractivity contribution is 5.88. The minimum atomic E-state index is -0.332. The van der Waals surface area contributed by atoms with Crippen LogP contribution in [0.25, 0.3) is 0 Å². The van der Waals surface area contributed by atoms with Gasteiger partial charge in [0.15, 0.2) is 0 Å². The van der Waals surface area contributed by atoms with Crippen LogP contribution in [0.2, 0.25) is 0 Å². The lowest BCUT2D eigenvalue weighted by atomic mass is 10.0. The maximum Gasteiger partial charge on any atom is 0.208 e. The van der Waals surface area contributed by atoms with E-state index in [9.17, 15) is 0 Å². The molecule has 0 saturated carbocycles. The summed E-state index contributed by atoms with van der Waals surface area (Å²) in [6.07, 6.45) is 4.10. The molecule has 0 atom stereocenters. The molecule has 3 nitrogen and oxygen atoms in total. The van der Waals surface area contributed by atoms with Crippen molar-refractivity contribution in [2.75, 3.05) is 13.1 Å². The smallest absolute Gasteiger partial charge is 0.208 e. The second kappa shape index (κ2) is 4.69. The van der Waals surface area contributed by atoms with E-state index in [0.29, 0.717) is 0 Å². The second-order valence-corrected chi connectivity index (χ2v) is 4.49. The summed E-state index contributed by atoms with van der Waals surface area (Å²) in [5.41, 5.74) is 0.817. The number of ether oxygens (including phenoxy) is 1. The maximum absolute atomic E-state index is 7.57. The first-order valence-corrected chi connectivity index (χ1v) is 5.76. The van der Waals surface area contributed by atoms with Gasteiger partial charge in [0.2, 0.25) is 5.90 Å². The van der Waals surface area contributed by atoms with Gasteiger partial charge in [0.25, 0.3) is 0 Å². The molecule has 0 aromatic rings. The summed E-state index contributed by atoms with van der Waals surface area (Å²) in [7, 11) is 0. The Balaban J connectivity index is 2.82. The SMILES string of the molecule is CCCN(CCC)C1=CC(=N)OC1(C)C. The molecule has 0 bridgehead atoms. The molecule has 1 aliphatic heterocycles. The van der Waals surface area contributed by atoms with Crippen molar-refractivity contribution in [2.45, 2.75) is 46.1 Å². The number of rotatable bonds is 5. The van der Waals surface area contributed by atoms with Gasteiger partial charge >= 0.3 is 0 Å². The fraction of sp³-hybridized carbons (Fsp3) is 0.750. The van der Waals surface area contributed by atoms with E-state index >= 15 is 0 Å². The highest BCUT2D eigenvalue weighted by Crippen LogP contribution is 2.30. The van der Waals surface area contributed by atoms with E-state index in [-0.39, 0.29) is 11.5 Å². The van der Waals surface area contributed by atoms with Crippen molar-refractivity contribution in [3.05, 3.63) is 11.8 Å². The monoisotopic (exact) mass is 210 g/mol. The molecule has 86 valence electrons. The Kier molecular flexibility index (Phi) is 3.77. The molecule has 0 aromatic heterocycles. The Bertz CT molecular complexity index is 263. The summed E-state index contributed by atoms with van der Waals surface area (Å²) in [5, 5.41) is 7.57. The predicted octanol–water partition coefficient (Wildman–Crippen LogP) is 2.78. The fourth-order valence-electron chi connectivity index (χ4n) is 2.02. The Hall–Kier alpha value is -0.990. The number of hydrogen-bond acceptors (Lipinski definition) is 3. The van der Waals surface area contributed by atoms with Gasteiger partial charge in [-0.05, 0) is 26.7 Å². The Morgan fingerprint density at radius 3 is 2.13 bits per heavy atom. The topological polar surface area (TPSA) is 36.3 Å². The molecule has 0 radical (unpaired) electrons. The zero-order valence-corrected chi connectivity index (χ0v) is 10.3. The molecule has 0 saturated heterocycles. The van der Waals surface area contributed by atoms with Crippen molar-refractivity contribution >= 4 is 5.90 Å². The van der Waals surface area contributed by atoms with Crippen LogP contribution in [0.15, 0.2) is 11.8 Å². The molecule has 0 spiro atoms. The zero-order valence-electron chi connectivity index (χ0n) is 10.3. The van der Waals surface area contributed by atoms with E-state index in [4.69, 9.17) is 10.1 Å². The van der Waals surface area contributed by atoms with E-state index < -0.39 is 0 Å². The number of nitrogens with zero attached hydrogens (tertiary/aromatic N) is 1. The van der Waals surface area contributed by atoms with Gasteiger partial charge in [-0.2, -0.15) is 0 Å².